The third-order valence-corrected chi connectivity index (χ3v) is 3.18. The van der Waals surface area contributed by atoms with Crippen molar-refractivity contribution in [2.24, 2.45) is 0 Å². The fourth-order valence-corrected chi connectivity index (χ4v) is 2.20. The number of morpholine rings is 1. The molecule has 0 radical (unpaired) electrons. The van der Waals surface area contributed by atoms with Gasteiger partial charge in [-0.1, -0.05) is 18.2 Å². The maximum atomic E-state index is 11.7. The maximum Gasteiger partial charge on any atom is 0.335 e. The van der Waals surface area contributed by atoms with E-state index >= 15 is 0 Å². The molecule has 0 saturated carbocycles. The summed E-state index contributed by atoms with van der Waals surface area (Å²) in [6.45, 7) is -0.223. The average Bonchev–Trinajstić information content (AvgIpc) is 2.41. The normalized spacial score (nSPS) is 23.3. The van der Waals surface area contributed by atoms with Gasteiger partial charge < -0.3 is 19.5 Å². The second-order valence-electron chi connectivity index (χ2n) is 4.26. The largest absolute Gasteiger partial charge is 0.496 e. The van der Waals surface area contributed by atoms with Crippen LogP contribution in [0, 0.1) is 0 Å². The molecule has 0 bridgehead atoms. The molecule has 2 rings (SSSR count). The lowest BCUT2D eigenvalue weighted by Gasteiger charge is -2.37. The summed E-state index contributed by atoms with van der Waals surface area (Å²) in [5, 5.41) is 9.23. The molecule has 1 fully saturated rings. The number of carboxylic acids is 1. The Hall–Kier alpha value is -2.08. The van der Waals surface area contributed by atoms with E-state index in [2.05, 4.69) is 0 Å². The summed E-state index contributed by atoms with van der Waals surface area (Å²) in [5.41, 5.74) is 0.618. The van der Waals surface area contributed by atoms with Gasteiger partial charge in [0.15, 0.2) is 6.10 Å². The molecule has 0 aliphatic carbocycles. The molecule has 102 valence electrons. The van der Waals surface area contributed by atoms with Crippen molar-refractivity contribution in [3.05, 3.63) is 29.8 Å². The SMILES string of the molecule is COc1ccccc1C1C(C(=O)O)OCC(=O)N1C. The zero-order valence-electron chi connectivity index (χ0n) is 10.7. The van der Waals surface area contributed by atoms with Crippen LogP contribution in [0.5, 0.6) is 5.75 Å². The van der Waals surface area contributed by atoms with Gasteiger partial charge in [-0.2, -0.15) is 0 Å². The van der Waals surface area contributed by atoms with Gasteiger partial charge in [0.05, 0.1) is 13.2 Å². The number of likely N-dealkylation sites (N-methyl/N-ethyl adjacent to an activating group) is 1. The second-order valence-corrected chi connectivity index (χ2v) is 4.26. The number of ether oxygens (including phenoxy) is 2. The highest BCUT2D eigenvalue weighted by Crippen LogP contribution is 2.34. The van der Waals surface area contributed by atoms with Gasteiger partial charge in [0.1, 0.15) is 12.4 Å². The Morgan fingerprint density at radius 3 is 2.79 bits per heavy atom. The molecule has 1 aromatic rings. The van der Waals surface area contributed by atoms with Crippen molar-refractivity contribution in [3.63, 3.8) is 0 Å². The van der Waals surface area contributed by atoms with Crippen LogP contribution in [0.4, 0.5) is 0 Å². The van der Waals surface area contributed by atoms with Crippen LogP contribution in [0.1, 0.15) is 11.6 Å². The molecule has 0 aromatic heterocycles. The van der Waals surface area contributed by atoms with Gasteiger partial charge in [-0.15, -0.1) is 0 Å². The van der Waals surface area contributed by atoms with Crippen LogP contribution in [0.15, 0.2) is 24.3 Å². The minimum absolute atomic E-state index is 0.223. The standard InChI is InChI=1S/C13H15NO5/c1-14-10(15)7-19-12(13(16)17)11(14)8-5-3-4-6-9(8)18-2/h3-6,11-12H,7H2,1-2H3,(H,16,17). The monoisotopic (exact) mass is 265 g/mol. The molecule has 0 spiro atoms. The highest BCUT2D eigenvalue weighted by molar-refractivity contribution is 5.83. The molecule has 6 nitrogen and oxygen atoms in total. The van der Waals surface area contributed by atoms with Crippen molar-refractivity contribution in [2.75, 3.05) is 20.8 Å². The summed E-state index contributed by atoms with van der Waals surface area (Å²) in [4.78, 5) is 24.4. The lowest BCUT2D eigenvalue weighted by Crippen LogP contribution is -2.50. The topological polar surface area (TPSA) is 76.1 Å². The summed E-state index contributed by atoms with van der Waals surface area (Å²) in [7, 11) is 3.07. The Bertz CT molecular complexity index is 502. The molecule has 1 aliphatic rings. The van der Waals surface area contributed by atoms with Gasteiger partial charge in [-0.05, 0) is 6.07 Å². The van der Waals surface area contributed by atoms with Crippen LogP contribution < -0.4 is 4.74 Å². The third-order valence-electron chi connectivity index (χ3n) is 3.18. The average molecular weight is 265 g/mol. The Morgan fingerprint density at radius 2 is 2.16 bits per heavy atom. The van der Waals surface area contributed by atoms with E-state index in [1.54, 1.807) is 31.3 Å². The van der Waals surface area contributed by atoms with E-state index in [4.69, 9.17) is 9.47 Å². The number of hydrogen-bond donors (Lipinski definition) is 1. The van der Waals surface area contributed by atoms with Gasteiger partial charge in [0.25, 0.3) is 0 Å². The third kappa shape index (κ3) is 2.39. The lowest BCUT2D eigenvalue weighted by atomic mass is 9.97. The molecule has 1 saturated heterocycles. The summed E-state index contributed by atoms with van der Waals surface area (Å²) >= 11 is 0. The number of benzene rings is 1. The van der Waals surface area contributed by atoms with Gasteiger partial charge in [-0.3, -0.25) is 4.79 Å². The van der Waals surface area contributed by atoms with Crippen LogP contribution in [-0.4, -0.2) is 48.8 Å². The second kappa shape index (κ2) is 5.27. The minimum atomic E-state index is -1.10. The first kappa shape index (κ1) is 13.4. The van der Waals surface area contributed by atoms with Gasteiger partial charge in [-0.25, -0.2) is 4.79 Å². The first-order valence-electron chi connectivity index (χ1n) is 5.79. The van der Waals surface area contributed by atoms with E-state index in [-0.39, 0.29) is 12.5 Å². The number of nitrogens with zero attached hydrogens (tertiary/aromatic N) is 1. The molecule has 2 unspecified atom stereocenters. The summed E-state index contributed by atoms with van der Waals surface area (Å²) in [6, 6.07) is 6.31. The zero-order valence-corrected chi connectivity index (χ0v) is 10.7. The predicted octanol–water partition coefficient (Wildman–Crippen LogP) is 0.678. The van der Waals surface area contributed by atoms with Crippen molar-refractivity contribution in [1.82, 2.24) is 4.90 Å². The number of carbonyl (C=O) groups is 2. The molecule has 1 aliphatic heterocycles. The molecule has 6 heteroatoms. The zero-order chi connectivity index (χ0) is 14.0. The van der Waals surface area contributed by atoms with E-state index in [9.17, 15) is 14.7 Å². The quantitative estimate of drug-likeness (QED) is 0.869. The first-order chi connectivity index (χ1) is 9.06. The van der Waals surface area contributed by atoms with E-state index in [0.717, 1.165) is 0 Å². The number of para-hydroxylation sites is 1. The Kier molecular flexibility index (Phi) is 3.71. The van der Waals surface area contributed by atoms with Crippen LogP contribution >= 0.6 is 0 Å². The highest BCUT2D eigenvalue weighted by Gasteiger charge is 2.41. The van der Waals surface area contributed by atoms with Crippen LogP contribution in [0.3, 0.4) is 0 Å². The number of carbonyl (C=O) groups excluding carboxylic acids is 1. The van der Waals surface area contributed by atoms with E-state index in [1.165, 1.54) is 12.0 Å². The summed E-state index contributed by atoms with van der Waals surface area (Å²) < 4.78 is 10.4. The molecule has 2 atom stereocenters. The maximum absolute atomic E-state index is 11.7. The number of hydrogen-bond acceptors (Lipinski definition) is 4. The van der Waals surface area contributed by atoms with Crippen molar-refractivity contribution in [2.45, 2.75) is 12.1 Å². The fourth-order valence-electron chi connectivity index (χ4n) is 2.20. The highest BCUT2D eigenvalue weighted by atomic mass is 16.5. The summed E-state index contributed by atoms with van der Waals surface area (Å²) in [6.07, 6.45) is -1.10. The number of amides is 1. The van der Waals surface area contributed by atoms with Crippen LogP contribution in [-0.2, 0) is 14.3 Å². The molecule has 1 heterocycles. The van der Waals surface area contributed by atoms with E-state index < -0.39 is 18.1 Å². The van der Waals surface area contributed by atoms with Crippen LogP contribution in [0.25, 0.3) is 0 Å². The molecule has 1 amide bonds. The number of methoxy groups -OCH3 is 1. The number of aliphatic carboxylic acids is 1. The van der Waals surface area contributed by atoms with Crippen molar-refractivity contribution in [3.8, 4) is 5.75 Å². The molecule has 1 aromatic carbocycles. The van der Waals surface area contributed by atoms with Crippen molar-refractivity contribution < 1.29 is 24.2 Å². The van der Waals surface area contributed by atoms with Crippen molar-refractivity contribution in [1.29, 1.82) is 0 Å². The Labute approximate surface area is 110 Å². The lowest BCUT2D eigenvalue weighted by molar-refractivity contribution is -0.171. The molecular weight excluding hydrogens is 250 g/mol. The predicted molar refractivity (Wildman–Crippen MR) is 65.9 cm³/mol. The first-order valence-corrected chi connectivity index (χ1v) is 5.79. The number of rotatable bonds is 3. The van der Waals surface area contributed by atoms with Crippen LogP contribution in [0.2, 0.25) is 0 Å². The van der Waals surface area contributed by atoms with Gasteiger partial charge in [0, 0.05) is 12.6 Å². The van der Waals surface area contributed by atoms with Gasteiger partial charge >= 0.3 is 5.97 Å². The van der Waals surface area contributed by atoms with E-state index in [0.29, 0.717) is 11.3 Å². The molecule has 1 N–H and O–H groups in total. The minimum Gasteiger partial charge on any atom is -0.496 e. The number of carboxylic acid groups (broad SMARTS) is 1. The summed E-state index contributed by atoms with van der Waals surface area (Å²) in [5.74, 6) is -0.826. The van der Waals surface area contributed by atoms with E-state index in [1.807, 2.05) is 0 Å². The van der Waals surface area contributed by atoms with Crippen molar-refractivity contribution >= 4 is 11.9 Å². The Balaban J connectivity index is 2.46. The van der Waals surface area contributed by atoms with Gasteiger partial charge in [0.2, 0.25) is 5.91 Å². The molecular formula is C13H15NO5. The fraction of sp³-hybridized carbons (Fsp3) is 0.385. The smallest absolute Gasteiger partial charge is 0.335 e. The Morgan fingerprint density at radius 1 is 1.47 bits per heavy atom. The molecule has 19 heavy (non-hydrogen) atoms.